The number of carbonyl (C=O) groups is 2. The molecule has 22 heavy (non-hydrogen) atoms. The van der Waals surface area contributed by atoms with Crippen LogP contribution in [0, 0.1) is 5.41 Å². The molecule has 1 atom stereocenters. The van der Waals surface area contributed by atoms with Crippen LogP contribution in [-0.2, 0) is 4.79 Å². The van der Waals surface area contributed by atoms with Crippen LogP contribution in [0.25, 0.3) is 0 Å². The maximum absolute atomic E-state index is 13.1. The van der Waals surface area contributed by atoms with Gasteiger partial charge in [0.05, 0.1) is 17.1 Å². The molecule has 3 aliphatic rings. The Bertz CT molecular complexity index is 810. The lowest BCUT2D eigenvalue weighted by molar-refractivity contribution is -0.120. The number of benzene rings is 1. The number of hydrazone groups is 1. The van der Waals surface area contributed by atoms with Crippen LogP contribution in [0.4, 0.5) is 10.5 Å². The number of allylic oxidation sites excluding steroid dienone is 1. The number of hydrogen-bond acceptors (Lipinski definition) is 4. The number of carbonyl (C=O) groups excluding carboxylic acids is 2. The van der Waals surface area contributed by atoms with Crippen molar-refractivity contribution in [1.82, 2.24) is 0 Å². The van der Waals surface area contributed by atoms with Crippen molar-refractivity contribution in [2.45, 2.75) is 20.3 Å². The van der Waals surface area contributed by atoms with Crippen molar-refractivity contribution in [3.05, 3.63) is 40.8 Å². The van der Waals surface area contributed by atoms with Crippen molar-refractivity contribution < 1.29 is 9.59 Å². The van der Waals surface area contributed by atoms with Crippen molar-refractivity contribution in [3.63, 3.8) is 0 Å². The van der Waals surface area contributed by atoms with Crippen LogP contribution in [0.2, 0.25) is 0 Å². The number of rotatable bonds is 2. The van der Waals surface area contributed by atoms with Crippen LogP contribution in [0.3, 0.4) is 0 Å². The highest BCUT2D eigenvalue weighted by Gasteiger charge is 2.65. The van der Waals surface area contributed by atoms with E-state index < -0.39 is 5.41 Å². The summed E-state index contributed by atoms with van der Waals surface area (Å²) < 4.78 is 0. The fraction of sp³-hybridized carbons (Fsp3) is 0.250. The largest absolute Gasteiger partial charge is 0.310 e. The van der Waals surface area contributed by atoms with Gasteiger partial charge in [0, 0.05) is 4.91 Å². The zero-order valence-electron chi connectivity index (χ0n) is 12.2. The minimum absolute atomic E-state index is 0.133. The lowest BCUT2D eigenvalue weighted by Crippen LogP contribution is -2.53. The number of aliphatic imine (C=N–C) groups is 1. The fourth-order valence-electron chi connectivity index (χ4n) is 3.38. The van der Waals surface area contributed by atoms with Gasteiger partial charge in [0.2, 0.25) is 0 Å². The number of hydrogen-bond donors (Lipinski definition) is 0. The summed E-state index contributed by atoms with van der Waals surface area (Å²) >= 11 is 1.12. The highest BCUT2D eigenvalue weighted by molar-refractivity contribution is 8.18. The van der Waals surface area contributed by atoms with Gasteiger partial charge >= 0.3 is 5.24 Å². The summed E-state index contributed by atoms with van der Waals surface area (Å²) in [6.07, 6.45) is 0.704. The molecule has 0 bridgehead atoms. The van der Waals surface area contributed by atoms with Crippen molar-refractivity contribution in [3.8, 4) is 0 Å². The average Bonchev–Trinajstić information content (AvgIpc) is 2.98. The molecule has 2 amide bonds. The van der Waals surface area contributed by atoms with Crippen LogP contribution < -0.4 is 5.01 Å². The lowest BCUT2D eigenvalue weighted by Gasteiger charge is -2.39. The molecule has 2 aliphatic heterocycles. The second-order valence-electron chi connectivity index (χ2n) is 5.38. The fourth-order valence-corrected chi connectivity index (χ4v) is 4.41. The smallest absolute Gasteiger partial charge is 0.271 e. The van der Waals surface area contributed by atoms with Crippen molar-refractivity contribution in [2.75, 3.05) is 5.01 Å². The Hall–Kier alpha value is -2.21. The van der Waals surface area contributed by atoms with Crippen molar-refractivity contribution >= 4 is 40.0 Å². The first-order valence-corrected chi connectivity index (χ1v) is 7.92. The topological polar surface area (TPSA) is 62.1 Å². The second kappa shape index (κ2) is 4.39. The summed E-state index contributed by atoms with van der Waals surface area (Å²) in [5, 5.41) is 5.65. The van der Waals surface area contributed by atoms with E-state index in [1.54, 1.807) is 0 Å². The zero-order valence-corrected chi connectivity index (χ0v) is 13.0. The monoisotopic (exact) mass is 311 g/mol. The van der Waals surface area contributed by atoms with Gasteiger partial charge in [-0.2, -0.15) is 10.1 Å². The molecule has 0 saturated carbocycles. The van der Waals surface area contributed by atoms with E-state index in [0.29, 0.717) is 17.8 Å². The van der Waals surface area contributed by atoms with Gasteiger partial charge in [-0.3, -0.25) is 9.59 Å². The Morgan fingerprint density at radius 2 is 1.95 bits per heavy atom. The standard InChI is InChI=1S/C16H13N3O2S/c1-3-11-12-13(17-15(21)22-12)16(11)9(2)18-19(14(16)20)10-7-5-4-6-8-10/h4-8H,3H2,1-2H3. The Labute approximate surface area is 131 Å². The third-order valence-corrected chi connectivity index (χ3v) is 5.26. The van der Waals surface area contributed by atoms with Crippen LogP contribution in [-0.4, -0.2) is 22.6 Å². The number of nitrogens with zero attached hydrogens (tertiary/aromatic N) is 3. The zero-order chi connectivity index (χ0) is 15.5. The molecule has 5 nitrogen and oxygen atoms in total. The first kappa shape index (κ1) is 13.5. The van der Waals surface area contributed by atoms with E-state index in [1.807, 2.05) is 44.2 Å². The number of para-hydroxylation sites is 1. The minimum Gasteiger partial charge on any atom is -0.271 e. The van der Waals surface area contributed by atoms with E-state index in [0.717, 1.165) is 27.9 Å². The molecular weight excluding hydrogens is 298 g/mol. The summed E-state index contributed by atoms with van der Waals surface area (Å²) in [5.74, 6) is -0.133. The third-order valence-electron chi connectivity index (χ3n) is 4.35. The molecule has 1 aromatic rings. The number of amides is 2. The van der Waals surface area contributed by atoms with Crippen LogP contribution in [0.15, 0.2) is 50.9 Å². The first-order chi connectivity index (χ1) is 10.6. The minimum atomic E-state index is -0.918. The van der Waals surface area contributed by atoms with E-state index in [2.05, 4.69) is 10.1 Å². The van der Waals surface area contributed by atoms with Gasteiger partial charge in [-0.05, 0) is 42.8 Å². The normalized spacial score (nSPS) is 26.4. The Kier molecular flexibility index (Phi) is 2.69. The summed E-state index contributed by atoms with van der Waals surface area (Å²) in [4.78, 5) is 29.7. The molecule has 0 saturated heterocycles. The van der Waals surface area contributed by atoms with Gasteiger partial charge < -0.3 is 0 Å². The predicted molar refractivity (Wildman–Crippen MR) is 87.2 cm³/mol. The molecular formula is C16H13N3O2S. The molecule has 4 rings (SSSR count). The maximum atomic E-state index is 13.1. The summed E-state index contributed by atoms with van der Waals surface area (Å²) in [5.41, 5.74) is 2.05. The van der Waals surface area contributed by atoms with E-state index >= 15 is 0 Å². The Balaban J connectivity index is 1.86. The number of thioether (sulfide) groups is 1. The van der Waals surface area contributed by atoms with E-state index in [9.17, 15) is 9.59 Å². The van der Waals surface area contributed by atoms with E-state index in [4.69, 9.17) is 0 Å². The van der Waals surface area contributed by atoms with Gasteiger partial charge in [0.15, 0.2) is 5.41 Å². The molecule has 0 aromatic heterocycles. The lowest BCUT2D eigenvalue weighted by atomic mass is 9.62. The van der Waals surface area contributed by atoms with Gasteiger partial charge in [-0.1, -0.05) is 25.1 Å². The third kappa shape index (κ3) is 1.40. The highest BCUT2D eigenvalue weighted by Crippen LogP contribution is 2.57. The van der Waals surface area contributed by atoms with Crippen LogP contribution >= 0.6 is 11.8 Å². The molecule has 0 N–H and O–H groups in total. The molecule has 0 fully saturated rings. The van der Waals surface area contributed by atoms with Gasteiger partial charge in [0.25, 0.3) is 5.91 Å². The molecule has 2 heterocycles. The molecule has 6 heteroatoms. The summed E-state index contributed by atoms with van der Waals surface area (Å²) in [6.45, 7) is 3.83. The highest BCUT2D eigenvalue weighted by atomic mass is 32.2. The SMILES string of the molecule is CCC1=C2SC(=O)N=C2C12C(=O)N(c1ccccc1)N=C2C. The molecule has 1 aliphatic carbocycles. The Morgan fingerprint density at radius 1 is 1.23 bits per heavy atom. The van der Waals surface area contributed by atoms with Gasteiger partial charge in [0.1, 0.15) is 0 Å². The molecule has 0 radical (unpaired) electrons. The van der Waals surface area contributed by atoms with Crippen LogP contribution in [0.5, 0.6) is 0 Å². The predicted octanol–water partition coefficient (Wildman–Crippen LogP) is 3.38. The van der Waals surface area contributed by atoms with Crippen molar-refractivity contribution in [1.29, 1.82) is 0 Å². The molecule has 1 aromatic carbocycles. The second-order valence-corrected chi connectivity index (χ2v) is 6.34. The quantitative estimate of drug-likeness (QED) is 0.841. The summed E-state index contributed by atoms with van der Waals surface area (Å²) in [6, 6.07) is 9.32. The molecule has 1 unspecified atom stereocenters. The summed E-state index contributed by atoms with van der Waals surface area (Å²) in [7, 11) is 0. The van der Waals surface area contributed by atoms with E-state index in [1.165, 1.54) is 5.01 Å². The van der Waals surface area contributed by atoms with E-state index in [-0.39, 0.29) is 11.1 Å². The first-order valence-electron chi connectivity index (χ1n) is 7.11. The maximum Gasteiger partial charge on any atom is 0.310 e. The van der Waals surface area contributed by atoms with Crippen molar-refractivity contribution in [2.24, 2.45) is 15.5 Å². The Morgan fingerprint density at radius 3 is 2.64 bits per heavy atom. The van der Waals surface area contributed by atoms with Gasteiger partial charge in [-0.25, -0.2) is 4.99 Å². The van der Waals surface area contributed by atoms with Gasteiger partial charge in [-0.15, -0.1) is 0 Å². The molecule has 1 spiro atoms. The average molecular weight is 311 g/mol. The number of fused-ring (bicyclic) bond motifs is 2. The number of anilines is 1. The van der Waals surface area contributed by atoms with Crippen LogP contribution in [0.1, 0.15) is 20.3 Å². The molecule has 110 valence electrons.